The molecule has 0 heterocycles. The maximum Gasteiger partial charge on any atom is 0.241 e. The van der Waals surface area contributed by atoms with Crippen molar-refractivity contribution >= 4 is 11.8 Å². The third kappa shape index (κ3) is 4.37. The quantitative estimate of drug-likeness (QED) is 0.696. The minimum absolute atomic E-state index is 0.0175. The van der Waals surface area contributed by atoms with Crippen molar-refractivity contribution in [1.29, 1.82) is 0 Å². The Bertz CT molecular complexity index is 443. The van der Waals surface area contributed by atoms with Crippen LogP contribution in [-0.2, 0) is 9.59 Å². The van der Waals surface area contributed by atoms with Crippen molar-refractivity contribution in [1.82, 2.24) is 10.6 Å². The molecule has 1 aliphatic rings. The van der Waals surface area contributed by atoms with Gasteiger partial charge in [-0.2, -0.15) is 0 Å². The van der Waals surface area contributed by atoms with E-state index in [2.05, 4.69) is 10.6 Å². The van der Waals surface area contributed by atoms with Crippen molar-refractivity contribution in [2.45, 2.75) is 31.3 Å². The van der Waals surface area contributed by atoms with Crippen molar-refractivity contribution in [3.63, 3.8) is 0 Å². The van der Waals surface area contributed by atoms with Gasteiger partial charge in [0.05, 0.1) is 0 Å². The van der Waals surface area contributed by atoms with Crippen molar-refractivity contribution in [3.05, 3.63) is 35.9 Å². The second kappa shape index (κ2) is 6.33. The first-order chi connectivity index (χ1) is 9.16. The zero-order valence-corrected chi connectivity index (χ0v) is 10.8. The molecular formula is C14H19N3O2. The fourth-order valence-corrected chi connectivity index (χ4v) is 1.75. The Kier molecular flexibility index (Phi) is 4.52. The molecule has 5 nitrogen and oxygen atoms in total. The van der Waals surface area contributed by atoms with Crippen LogP contribution in [0.25, 0.3) is 0 Å². The van der Waals surface area contributed by atoms with E-state index >= 15 is 0 Å². The monoisotopic (exact) mass is 261 g/mol. The molecule has 2 amide bonds. The van der Waals surface area contributed by atoms with Gasteiger partial charge in [-0.15, -0.1) is 0 Å². The number of hydrogen-bond acceptors (Lipinski definition) is 3. The molecule has 1 aliphatic carbocycles. The highest BCUT2D eigenvalue weighted by Crippen LogP contribution is 2.18. The van der Waals surface area contributed by atoms with Crippen LogP contribution in [-0.4, -0.2) is 24.4 Å². The topological polar surface area (TPSA) is 84.2 Å². The van der Waals surface area contributed by atoms with E-state index in [1.165, 1.54) is 0 Å². The molecular weight excluding hydrogens is 242 g/mol. The van der Waals surface area contributed by atoms with Crippen LogP contribution in [0, 0.1) is 0 Å². The predicted molar refractivity (Wildman–Crippen MR) is 72.2 cm³/mol. The smallest absolute Gasteiger partial charge is 0.241 e. The van der Waals surface area contributed by atoms with Gasteiger partial charge in [-0.25, -0.2) is 0 Å². The molecule has 0 radical (unpaired) electrons. The average Bonchev–Trinajstić information content (AvgIpc) is 3.22. The number of carbonyl (C=O) groups is 2. The van der Waals surface area contributed by atoms with E-state index in [1.54, 1.807) is 0 Å². The van der Waals surface area contributed by atoms with Gasteiger partial charge >= 0.3 is 0 Å². The number of amides is 2. The lowest BCUT2D eigenvalue weighted by Gasteiger charge is -2.12. The third-order valence-electron chi connectivity index (χ3n) is 3.03. The minimum atomic E-state index is -0.687. The average molecular weight is 261 g/mol. The van der Waals surface area contributed by atoms with Gasteiger partial charge in [-0.05, 0) is 18.4 Å². The summed E-state index contributed by atoms with van der Waals surface area (Å²) in [5.41, 5.74) is 6.60. The molecule has 0 aliphatic heterocycles. The number of benzene rings is 1. The van der Waals surface area contributed by atoms with E-state index in [9.17, 15) is 9.59 Å². The summed E-state index contributed by atoms with van der Waals surface area (Å²) in [7, 11) is 0. The molecule has 1 aromatic rings. The van der Waals surface area contributed by atoms with Gasteiger partial charge < -0.3 is 16.4 Å². The molecule has 0 spiro atoms. The number of nitrogens with two attached hydrogens (primary N) is 1. The summed E-state index contributed by atoms with van der Waals surface area (Å²) in [6.07, 6.45) is 2.43. The summed E-state index contributed by atoms with van der Waals surface area (Å²) in [6.45, 7) is 0.317. The summed E-state index contributed by atoms with van der Waals surface area (Å²) in [6, 6.07) is 8.84. The Morgan fingerprint density at radius 1 is 1.26 bits per heavy atom. The Labute approximate surface area is 112 Å². The highest BCUT2D eigenvalue weighted by molar-refractivity contribution is 5.83. The van der Waals surface area contributed by atoms with Gasteiger partial charge in [0.25, 0.3) is 0 Å². The van der Waals surface area contributed by atoms with Crippen molar-refractivity contribution in [2.75, 3.05) is 6.54 Å². The lowest BCUT2D eigenvalue weighted by molar-refractivity contribution is -0.123. The summed E-state index contributed by atoms with van der Waals surface area (Å²) in [5.74, 6) is -0.276. The van der Waals surface area contributed by atoms with Crippen LogP contribution < -0.4 is 16.4 Å². The van der Waals surface area contributed by atoms with Gasteiger partial charge in [-0.1, -0.05) is 30.3 Å². The molecule has 5 heteroatoms. The summed E-state index contributed by atoms with van der Waals surface area (Å²) < 4.78 is 0. The van der Waals surface area contributed by atoms with Gasteiger partial charge in [0, 0.05) is 19.0 Å². The van der Waals surface area contributed by atoms with Crippen molar-refractivity contribution < 1.29 is 9.59 Å². The molecule has 1 saturated carbocycles. The standard InChI is InChI=1S/C14H19N3O2/c15-13(10-4-2-1-3-5-10)14(19)16-9-8-12(18)17-11-6-7-11/h1-5,11,13H,6-9,15H2,(H,16,19)(H,17,18)/t13-/m1/s1. The second-order valence-corrected chi connectivity index (χ2v) is 4.77. The molecule has 4 N–H and O–H groups in total. The second-order valence-electron chi connectivity index (χ2n) is 4.77. The van der Waals surface area contributed by atoms with Crippen LogP contribution in [0.3, 0.4) is 0 Å². The van der Waals surface area contributed by atoms with E-state index < -0.39 is 6.04 Å². The molecule has 0 saturated heterocycles. The number of hydrogen-bond donors (Lipinski definition) is 3. The van der Waals surface area contributed by atoms with Crippen LogP contribution in [0.1, 0.15) is 30.9 Å². The Morgan fingerprint density at radius 2 is 1.95 bits per heavy atom. The molecule has 2 rings (SSSR count). The minimum Gasteiger partial charge on any atom is -0.354 e. The lowest BCUT2D eigenvalue weighted by atomic mass is 10.1. The zero-order valence-electron chi connectivity index (χ0n) is 10.8. The maximum atomic E-state index is 11.8. The highest BCUT2D eigenvalue weighted by Gasteiger charge is 2.23. The van der Waals surface area contributed by atoms with Crippen molar-refractivity contribution in [3.8, 4) is 0 Å². The summed E-state index contributed by atoms with van der Waals surface area (Å²) >= 11 is 0. The van der Waals surface area contributed by atoms with E-state index in [0.717, 1.165) is 18.4 Å². The molecule has 102 valence electrons. The van der Waals surface area contributed by atoms with E-state index in [4.69, 9.17) is 5.73 Å². The lowest BCUT2D eigenvalue weighted by Crippen LogP contribution is -2.37. The van der Waals surface area contributed by atoms with Crippen LogP contribution in [0.4, 0.5) is 0 Å². The molecule has 0 aromatic heterocycles. The van der Waals surface area contributed by atoms with E-state index in [0.29, 0.717) is 19.0 Å². The Hall–Kier alpha value is -1.88. The van der Waals surface area contributed by atoms with Crippen molar-refractivity contribution in [2.24, 2.45) is 5.73 Å². The molecule has 1 aromatic carbocycles. The van der Waals surface area contributed by atoms with Crippen LogP contribution in [0.5, 0.6) is 0 Å². The number of nitrogens with one attached hydrogen (secondary N) is 2. The van der Waals surface area contributed by atoms with E-state index in [-0.39, 0.29) is 11.8 Å². The Balaban J connectivity index is 1.70. The normalized spacial score (nSPS) is 15.6. The van der Waals surface area contributed by atoms with E-state index in [1.807, 2.05) is 30.3 Å². The van der Waals surface area contributed by atoms with Crippen LogP contribution in [0.2, 0.25) is 0 Å². The summed E-state index contributed by atoms with van der Waals surface area (Å²) in [4.78, 5) is 23.2. The number of rotatable bonds is 6. The fourth-order valence-electron chi connectivity index (χ4n) is 1.75. The third-order valence-corrected chi connectivity index (χ3v) is 3.03. The molecule has 0 bridgehead atoms. The maximum absolute atomic E-state index is 11.8. The van der Waals surface area contributed by atoms with Gasteiger partial charge in [0.2, 0.25) is 11.8 Å². The Morgan fingerprint density at radius 3 is 2.58 bits per heavy atom. The molecule has 19 heavy (non-hydrogen) atoms. The van der Waals surface area contributed by atoms with Gasteiger partial charge in [0.15, 0.2) is 0 Å². The first-order valence-electron chi connectivity index (χ1n) is 6.54. The zero-order chi connectivity index (χ0) is 13.7. The first-order valence-corrected chi connectivity index (χ1v) is 6.54. The first kappa shape index (κ1) is 13.5. The molecule has 1 fully saturated rings. The predicted octanol–water partition coefficient (Wildman–Crippen LogP) is 0.471. The van der Waals surface area contributed by atoms with Gasteiger partial charge in [0.1, 0.15) is 6.04 Å². The van der Waals surface area contributed by atoms with Crippen LogP contribution >= 0.6 is 0 Å². The largest absolute Gasteiger partial charge is 0.354 e. The van der Waals surface area contributed by atoms with Gasteiger partial charge in [-0.3, -0.25) is 9.59 Å². The summed E-state index contributed by atoms with van der Waals surface area (Å²) in [5, 5.41) is 5.55. The molecule has 1 atom stereocenters. The molecule has 0 unspecified atom stereocenters. The van der Waals surface area contributed by atoms with Crippen LogP contribution in [0.15, 0.2) is 30.3 Å². The SMILES string of the molecule is N[C@@H](C(=O)NCCC(=O)NC1CC1)c1ccccc1. The highest BCUT2D eigenvalue weighted by atomic mass is 16.2. The number of carbonyl (C=O) groups excluding carboxylic acids is 2. The fraction of sp³-hybridized carbons (Fsp3) is 0.429.